The number of aliphatic hydroxyl groups is 1. The normalized spacial score (nSPS) is 10.8. The van der Waals surface area contributed by atoms with Crippen molar-refractivity contribution in [3.05, 3.63) is 35.9 Å². The number of amides is 1. The predicted octanol–water partition coefficient (Wildman–Crippen LogP) is 0.971. The van der Waals surface area contributed by atoms with E-state index >= 15 is 0 Å². The Bertz CT molecular complexity index is 793. The van der Waals surface area contributed by atoms with Crippen molar-refractivity contribution in [3.63, 3.8) is 0 Å². The average molecular weight is 448 g/mol. The zero-order valence-corrected chi connectivity index (χ0v) is 18.6. The maximum absolute atomic E-state index is 11.9. The molecule has 176 valence electrons. The fourth-order valence-electron chi connectivity index (χ4n) is 2.51. The van der Waals surface area contributed by atoms with Gasteiger partial charge in [-0.2, -0.15) is 15.0 Å². The molecule has 1 heterocycles. The lowest BCUT2D eigenvalue weighted by Crippen LogP contribution is -2.27. The van der Waals surface area contributed by atoms with Crippen molar-refractivity contribution in [1.29, 1.82) is 0 Å². The average Bonchev–Trinajstić information content (AvgIpc) is 2.78. The molecule has 1 aromatic heterocycles. The number of ether oxygens (including phenoxy) is 2. The molecule has 2 aromatic rings. The molecule has 0 saturated heterocycles. The Morgan fingerprint density at radius 3 is 2.09 bits per heavy atom. The van der Waals surface area contributed by atoms with Crippen LogP contribution >= 0.6 is 0 Å². The molecule has 0 aliphatic carbocycles. The number of aromatic nitrogens is 3. The quantitative estimate of drug-likeness (QED) is 0.236. The summed E-state index contributed by atoms with van der Waals surface area (Å²) < 4.78 is 11.0. The summed E-state index contributed by atoms with van der Waals surface area (Å²) in [7, 11) is 0. The van der Waals surface area contributed by atoms with Crippen molar-refractivity contribution in [3.8, 4) is 0 Å². The summed E-state index contributed by atoms with van der Waals surface area (Å²) in [5.74, 6) is 1.13. The van der Waals surface area contributed by atoms with Crippen LogP contribution in [0.2, 0.25) is 0 Å². The number of hydrogen-bond donors (Lipinski definition) is 5. The molecular weight excluding hydrogens is 414 g/mol. The third-order valence-electron chi connectivity index (χ3n) is 3.92. The van der Waals surface area contributed by atoms with Crippen molar-refractivity contribution in [1.82, 2.24) is 20.3 Å². The Labute approximate surface area is 188 Å². The summed E-state index contributed by atoms with van der Waals surface area (Å²) >= 11 is 0. The highest BCUT2D eigenvalue weighted by atomic mass is 16.5. The third-order valence-corrected chi connectivity index (χ3v) is 3.92. The van der Waals surface area contributed by atoms with Crippen molar-refractivity contribution in [2.45, 2.75) is 19.9 Å². The van der Waals surface area contributed by atoms with Gasteiger partial charge in [0.15, 0.2) is 0 Å². The van der Waals surface area contributed by atoms with Gasteiger partial charge in [-0.1, -0.05) is 18.2 Å². The summed E-state index contributed by atoms with van der Waals surface area (Å²) in [5, 5.41) is 20.9. The highest BCUT2D eigenvalue weighted by molar-refractivity contribution is 5.94. The molecule has 0 atom stereocenters. The van der Waals surface area contributed by atoms with Gasteiger partial charge in [0.1, 0.15) is 0 Å². The van der Waals surface area contributed by atoms with E-state index in [1.165, 1.54) is 0 Å². The molecule has 0 aliphatic rings. The minimum absolute atomic E-state index is 0.0172. The van der Waals surface area contributed by atoms with Crippen LogP contribution in [0.5, 0.6) is 0 Å². The van der Waals surface area contributed by atoms with Crippen molar-refractivity contribution < 1.29 is 19.4 Å². The molecule has 32 heavy (non-hydrogen) atoms. The van der Waals surface area contributed by atoms with Crippen LogP contribution in [0.15, 0.2) is 30.3 Å². The first kappa shape index (κ1) is 25.2. The Hall–Kier alpha value is -3.02. The van der Waals surface area contributed by atoms with Crippen molar-refractivity contribution in [2.75, 3.05) is 68.6 Å². The van der Waals surface area contributed by atoms with Crippen LogP contribution in [0, 0.1) is 0 Å². The minimum atomic E-state index is -0.115. The topological polar surface area (TPSA) is 143 Å². The van der Waals surface area contributed by atoms with Crippen molar-refractivity contribution in [2.24, 2.45) is 0 Å². The second-order valence-electron chi connectivity index (χ2n) is 7.03. The number of hydrogen-bond acceptors (Lipinski definition) is 10. The number of anilines is 3. The van der Waals surface area contributed by atoms with E-state index in [-0.39, 0.29) is 18.6 Å². The van der Waals surface area contributed by atoms with E-state index in [0.29, 0.717) is 69.5 Å². The molecule has 0 fully saturated rings. The van der Waals surface area contributed by atoms with Crippen LogP contribution in [-0.4, -0.2) is 84.7 Å². The maximum atomic E-state index is 11.9. The second kappa shape index (κ2) is 14.9. The van der Waals surface area contributed by atoms with E-state index in [0.717, 1.165) is 0 Å². The Morgan fingerprint density at radius 2 is 1.47 bits per heavy atom. The molecule has 0 bridgehead atoms. The maximum Gasteiger partial charge on any atom is 0.251 e. The summed E-state index contributed by atoms with van der Waals surface area (Å²) in [5.41, 5.74) is 0.630. The predicted molar refractivity (Wildman–Crippen MR) is 123 cm³/mol. The number of rotatable bonds is 16. The standard InChI is InChI=1S/C21H33N7O4/c1-16(2)25-21-27-19(23-8-11-29)26-20(28-21)24-10-13-32-15-14-31-12-9-22-18(30)17-6-4-3-5-7-17/h3-7,16,29H,8-15H2,1-2H3,(H,22,30)(H3,23,24,25,26,27,28). The van der Waals surface area contributed by atoms with Gasteiger partial charge in [0.2, 0.25) is 17.8 Å². The number of benzene rings is 1. The van der Waals surface area contributed by atoms with E-state index in [2.05, 4.69) is 36.2 Å². The largest absolute Gasteiger partial charge is 0.395 e. The van der Waals surface area contributed by atoms with Crippen LogP contribution < -0.4 is 21.3 Å². The van der Waals surface area contributed by atoms with Crippen molar-refractivity contribution >= 4 is 23.8 Å². The Balaban J connectivity index is 1.57. The van der Waals surface area contributed by atoms with Crippen LogP contribution in [0.4, 0.5) is 17.8 Å². The summed E-state index contributed by atoms with van der Waals surface area (Å²) in [4.78, 5) is 24.7. The molecule has 11 heteroatoms. The smallest absolute Gasteiger partial charge is 0.251 e. The molecule has 1 aromatic carbocycles. The minimum Gasteiger partial charge on any atom is -0.395 e. The summed E-state index contributed by atoms with van der Waals surface area (Å²) in [6.45, 7) is 7.01. The lowest BCUT2D eigenvalue weighted by Gasteiger charge is -2.12. The van der Waals surface area contributed by atoms with E-state index in [4.69, 9.17) is 14.6 Å². The first-order valence-corrected chi connectivity index (χ1v) is 10.7. The SMILES string of the molecule is CC(C)Nc1nc(NCCO)nc(NCCOCCOCCNC(=O)c2ccccc2)n1. The number of nitrogens with zero attached hydrogens (tertiary/aromatic N) is 3. The summed E-state index contributed by atoms with van der Waals surface area (Å²) in [6, 6.07) is 9.23. The van der Waals surface area contributed by atoms with Gasteiger partial charge in [-0.15, -0.1) is 0 Å². The van der Waals surface area contributed by atoms with E-state index in [1.54, 1.807) is 12.1 Å². The van der Waals surface area contributed by atoms with Gasteiger partial charge in [-0.3, -0.25) is 4.79 Å². The lowest BCUT2D eigenvalue weighted by atomic mass is 10.2. The molecule has 11 nitrogen and oxygen atoms in total. The zero-order chi connectivity index (χ0) is 23.0. The molecule has 1 amide bonds. The van der Waals surface area contributed by atoms with Gasteiger partial charge in [-0.25, -0.2) is 0 Å². The fourth-order valence-corrected chi connectivity index (χ4v) is 2.51. The first-order chi connectivity index (χ1) is 15.6. The van der Waals surface area contributed by atoms with Crippen LogP contribution in [0.3, 0.4) is 0 Å². The van der Waals surface area contributed by atoms with Crippen LogP contribution in [0.1, 0.15) is 24.2 Å². The number of carbonyl (C=O) groups is 1. The molecular formula is C21H33N7O4. The number of aliphatic hydroxyl groups excluding tert-OH is 1. The first-order valence-electron chi connectivity index (χ1n) is 10.7. The summed E-state index contributed by atoms with van der Waals surface area (Å²) in [6.07, 6.45) is 0. The highest BCUT2D eigenvalue weighted by Crippen LogP contribution is 2.10. The fraction of sp³-hybridized carbons (Fsp3) is 0.524. The zero-order valence-electron chi connectivity index (χ0n) is 18.6. The third kappa shape index (κ3) is 10.3. The molecule has 5 N–H and O–H groups in total. The second-order valence-corrected chi connectivity index (χ2v) is 7.03. The molecule has 0 saturated carbocycles. The lowest BCUT2D eigenvalue weighted by molar-refractivity contribution is 0.0519. The van der Waals surface area contributed by atoms with E-state index in [1.807, 2.05) is 32.0 Å². The number of nitrogens with one attached hydrogen (secondary N) is 4. The molecule has 0 unspecified atom stereocenters. The molecule has 0 aliphatic heterocycles. The Kier molecular flexibility index (Phi) is 11.7. The van der Waals surface area contributed by atoms with Gasteiger partial charge in [0.25, 0.3) is 5.91 Å². The van der Waals surface area contributed by atoms with Gasteiger partial charge in [0, 0.05) is 31.2 Å². The highest BCUT2D eigenvalue weighted by Gasteiger charge is 2.07. The van der Waals surface area contributed by atoms with E-state index in [9.17, 15) is 4.79 Å². The van der Waals surface area contributed by atoms with Crippen LogP contribution in [0.25, 0.3) is 0 Å². The molecule has 0 spiro atoms. The number of carbonyl (C=O) groups excluding carboxylic acids is 1. The monoisotopic (exact) mass is 447 g/mol. The molecule has 0 radical (unpaired) electrons. The van der Waals surface area contributed by atoms with Gasteiger partial charge < -0.3 is 35.8 Å². The van der Waals surface area contributed by atoms with Gasteiger partial charge in [-0.05, 0) is 26.0 Å². The van der Waals surface area contributed by atoms with Crippen LogP contribution in [-0.2, 0) is 9.47 Å². The van der Waals surface area contributed by atoms with Gasteiger partial charge in [0.05, 0.1) is 33.0 Å². The van der Waals surface area contributed by atoms with E-state index < -0.39 is 0 Å². The van der Waals surface area contributed by atoms with Gasteiger partial charge >= 0.3 is 0 Å². The molecule has 2 rings (SSSR count). The Morgan fingerprint density at radius 1 is 0.875 bits per heavy atom.